The number of nitrogens with zero attached hydrogens (tertiary/aromatic N) is 3. The van der Waals surface area contributed by atoms with Gasteiger partial charge in [-0.2, -0.15) is 0 Å². The lowest BCUT2D eigenvalue weighted by molar-refractivity contribution is -0.132. The normalized spacial score (nSPS) is 17.2. The van der Waals surface area contributed by atoms with E-state index < -0.39 is 17.7 Å². The van der Waals surface area contributed by atoms with E-state index in [2.05, 4.69) is 16.8 Å². The first-order valence-electron chi connectivity index (χ1n) is 13.2. The van der Waals surface area contributed by atoms with E-state index in [0.717, 1.165) is 11.3 Å². The lowest BCUT2D eigenvalue weighted by Gasteiger charge is -2.23. The molecule has 12 heteroatoms. The predicted molar refractivity (Wildman–Crippen MR) is 160 cm³/mol. The fourth-order valence-electron chi connectivity index (χ4n) is 4.73. The summed E-state index contributed by atoms with van der Waals surface area (Å²) in [4.78, 5) is 28.4. The van der Waals surface area contributed by atoms with Gasteiger partial charge < -0.3 is 19.3 Å². The number of carbonyl (C=O) groups is 2. The number of hydrogen-bond acceptors (Lipinski definition) is 10. The molecule has 9 nitrogen and oxygen atoms in total. The molecule has 6 rings (SSSR count). The van der Waals surface area contributed by atoms with Crippen LogP contribution in [0, 0.1) is 5.82 Å². The molecule has 0 radical (unpaired) electrons. The summed E-state index contributed by atoms with van der Waals surface area (Å²) >= 11 is 2.35. The Hall–Kier alpha value is -4.68. The molecule has 0 spiro atoms. The van der Waals surface area contributed by atoms with Crippen molar-refractivity contribution in [3.63, 3.8) is 0 Å². The number of halogens is 1. The zero-order valence-corrected chi connectivity index (χ0v) is 24.2. The molecule has 43 heavy (non-hydrogen) atoms. The van der Waals surface area contributed by atoms with Crippen LogP contribution >= 0.6 is 23.1 Å². The Kier molecular flexibility index (Phi) is 8.12. The third-order valence-corrected chi connectivity index (χ3v) is 8.82. The smallest absolute Gasteiger partial charge is 0.301 e. The highest BCUT2D eigenvalue weighted by Gasteiger charge is 2.48. The Morgan fingerprint density at radius 1 is 1.09 bits per heavy atom. The molecule has 2 aliphatic rings. The number of anilines is 1. The maximum atomic E-state index is 14.1. The first-order valence-corrected chi connectivity index (χ1v) is 15.0. The SMILES string of the molecule is C=CCOc1cccc(C2/C(=C(/O)c3ccc4c(c3)OCCO4)C(=O)C(=O)N2c2nnc(SCc3ccccc3F)s2)c1. The number of hydrogen-bond donors (Lipinski definition) is 1. The minimum Gasteiger partial charge on any atom is -0.507 e. The van der Waals surface area contributed by atoms with Crippen LogP contribution in [-0.2, 0) is 15.3 Å². The molecule has 0 bridgehead atoms. The zero-order valence-electron chi connectivity index (χ0n) is 22.6. The summed E-state index contributed by atoms with van der Waals surface area (Å²) in [6, 6.07) is 17.1. The molecule has 1 amide bonds. The largest absolute Gasteiger partial charge is 0.507 e. The van der Waals surface area contributed by atoms with E-state index >= 15 is 0 Å². The molecule has 1 unspecified atom stereocenters. The summed E-state index contributed by atoms with van der Waals surface area (Å²) in [5.41, 5.74) is 1.17. The number of thioether (sulfide) groups is 1. The van der Waals surface area contributed by atoms with E-state index in [4.69, 9.17) is 14.2 Å². The number of ketones is 1. The number of ether oxygens (including phenoxy) is 3. The van der Waals surface area contributed by atoms with Gasteiger partial charge in [-0.05, 0) is 47.5 Å². The maximum absolute atomic E-state index is 14.1. The highest BCUT2D eigenvalue weighted by Crippen LogP contribution is 2.45. The molecule has 3 aromatic carbocycles. The Morgan fingerprint density at radius 2 is 1.91 bits per heavy atom. The van der Waals surface area contributed by atoms with E-state index in [1.54, 1.807) is 66.7 Å². The Labute approximate surface area is 254 Å². The van der Waals surface area contributed by atoms with Crippen LogP contribution in [0.1, 0.15) is 22.7 Å². The lowest BCUT2D eigenvalue weighted by atomic mass is 9.95. The minimum absolute atomic E-state index is 0.127. The average molecular weight is 618 g/mol. The maximum Gasteiger partial charge on any atom is 0.301 e. The molecule has 1 N–H and O–H groups in total. The molecular formula is C31H24FN3O6S2. The van der Waals surface area contributed by atoms with Crippen molar-refractivity contribution >= 4 is 45.7 Å². The fraction of sp³-hybridized carbons (Fsp3) is 0.161. The van der Waals surface area contributed by atoms with E-state index in [-0.39, 0.29) is 34.5 Å². The number of aliphatic hydroxyl groups is 1. The van der Waals surface area contributed by atoms with Gasteiger partial charge in [0.25, 0.3) is 5.78 Å². The van der Waals surface area contributed by atoms with Gasteiger partial charge in [0.15, 0.2) is 15.8 Å². The van der Waals surface area contributed by atoms with E-state index in [9.17, 15) is 19.1 Å². The van der Waals surface area contributed by atoms with Crippen LogP contribution in [0.4, 0.5) is 9.52 Å². The molecule has 4 aromatic rings. The molecule has 0 saturated carbocycles. The van der Waals surface area contributed by atoms with Gasteiger partial charge in [0, 0.05) is 11.3 Å². The quantitative estimate of drug-likeness (QED) is 0.0610. The van der Waals surface area contributed by atoms with Crippen LogP contribution in [0.3, 0.4) is 0 Å². The van der Waals surface area contributed by atoms with E-state index in [0.29, 0.717) is 51.7 Å². The van der Waals surface area contributed by atoms with Crippen molar-refractivity contribution in [1.29, 1.82) is 0 Å². The predicted octanol–water partition coefficient (Wildman–Crippen LogP) is 5.93. The number of rotatable bonds is 9. The van der Waals surface area contributed by atoms with Gasteiger partial charge in [0.2, 0.25) is 5.13 Å². The summed E-state index contributed by atoms with van der Waals surface area (Å²) in [7, 11) is 0. The number of fused-ring (bicyclic) bond motifs is 1. The topological polar surface area (TPSA) is 111 Å². The summed E-state index contributed by atoms with van der Waals surface area (Å²) in [6.45, 7) is 4.66. The van der Waals surface area contributed by atoms with Gasteiger partial charge in [-0.3, -0.25) is 14.5 Å². The van der Waals surface area contributed by atoms with Crippen molar-refractivity contribution in [2.45, 2.75) is 16.1 Å². The van der Waals surface area contributed by atoms with Crippen molar-refractivity contribution in [3.05, 3.63) is 107 Å². The van der Waals surface area contributed by atoms with E-state index in [1.165, 1.54) is 22.7 Å². The second-order valence-corrected chi connectivity index (χ2v) is 11.6. The standard InChI is InChI=1S/C31H24FN3O6S2/c1-2-12-39-21-8-5-7-18(15-21)26-25(27(36)19-10-11-23-24(16-19)41-14-13-40-23)28(37)29(38)35(26)30-33-34-31(43-30)42-17-20-6-3-4-9-22(20)32/h2-11,15-16,26,36H,1,12-14,17H2/b27-25-. The van der Waals surface area contributed by atoms with Gasteiger partial charge in [-0.1, -0.05) is 66.1 Å². The van der Waals surface area contributed by atoms with Gasteiger partial charge in [0.1, 0.15) is 37.1 Å². The molecule has 1 atom stereocenters. The Bertz CT molecular complexity index is 1760. The number of aromatic nitrogens is 2. The first-order chi connectivity index (χ1) is 20.9. The third-order valence-electron chi connectivity index (χ3n) is 6.71. The second kappa shape index (κ2) is 12.3. The molecule has 1 aromatic heterocycles. The summed E-state index contributed by atoms with van der Waals surface area (Å²) in [5.74, 6) is -0.740. The average Bonchev–Trinajstić information content (AvgIpc) is 3.60. The molecule has 3 heterocycles. The van der Waals surface area contributed by atoms with Crippen molar-refractivity contribution < 1.29 is 33.3 Å². The first kappa shape index (κ1) is 28.4. The lowest BCUT2D eigenvalue weighted by Crippen LogP contribution is -2.29. The number of benzene rings is 3. The van der Waals surface area contributed by atoms with Crippen LogP contribution in [0.15, 0.2) is 89.3 Å². The van der Waals surface area contributed by atoms with Gasteiger partial charge in [0.05, 0.1) is 11.6 Å². The number of carbonyl (C=O) groups excluding carboxylic acids is 2. The van der Waals surface area contributed by atoms with Crippen molar-refractivity contribution in [3.8, 4) is 17.2 Å². The molecular weight excluding hydrogens is 593 g/mol. The Balaban J connectivity index is 1.40. The van der Waals surface area contributed by atoms with Gasteiger partial charge in [-0.15, -0.1) is 10.2 Å². The molecule has 2 aliphatic heterocycles. The molecule has 218 valence electrons. The van der Waals surface area contributed by atoms with E-state index in [1.807, 2.05) is 0 Å². The number of amides is 1. The summed E-state index contributed by atoms with van der Waals surface area (Å²) in [6.07, 6.45) is 1.60. The molecule has 1 saturated heterocycles. The molecule has 0 aliphatic carbocycles. The van der Waals surface area contributed by atoms with Crippen molar-refractivity contribution in [2.24, 2.45) is 0 Å². The molecule has 1 fully saturated rings. The summed E-state index contributed by atoms with van der Waals surface area (Å²) < 4.78 is 31.6. The zero-order chi connectivity index (χ0) is 29.9. The Morgan fingerprint density at radius 3 is 2.72 bits per heavy atom. The third kappa shape index (κ3) is 5.71. The highest BCUT2D eigenvalue weighted by molar-refractivity contribution is 8.00. The van der Waals surface area contributed by atoms with Crippen molar-refractivity contribution in [1.82, 2.24) is 10.2 Å². The highest BCUT2D eigenvalue weighted by atomic mass is 32.2. The van der Waals surface area contributed by atoms with Crippen LogP contribution in [0.5, 0.6) is 17.2 Å². The van der Waals surface area contributed by atoms with Crippen LogP contribution in [0.25, 0.3) is 5.76 Å². The summed E-state index contributed by atoms with van der Waals surface area (Å²) in [5, 5.41) is 20.1. The van der Waals surface area contributed by atoms with Crippen molar-refractivity contribution in [2.75, 3.05) is 24.7 Å². The number of aliphatic hydroxyl groups excluding tert-OH is 1. The van der Waals surface area contributed by atoms with Gasteiger partial charge in [-0.25, -0.2) is 4.39 Å². The second-order valence-electron chi connectivity index (χ2n) is 9.43. The number of Topliss-reactive ketones (excluding diaryl/α,β-unsaturated/α-hetero) is 1. The van der Waals surface area contributed by atoms with Crippen LogP contribution in [-0.4, -0.2) is 46.8 Å². The minimum atomic E-state index is -1.04. The monoisotopic (exact) mass is 617 g/mol. The van der Waals surface area contributed by atoms with Crippen LogP contribution < -0.4 is 19.1 Å². The van der Waals surface area contributed by atoms with Crippen LogP contribution in [0.2, 0.25) is 0 Å². The fourth-order valence-corrected chi connectivity index (χ4v) is 6.59. The van der Waals surface area contributed by atoms with Gasteiger partial charge >= 0.3 is 5.91 Å².